The number of amides is 1. The van der Waals surface area contributed by atoms with Gasteiger partial charge in [0.25, 0.3) is 0 Å². The maximum Gasteiger partial charge on any atom is 0.337 e. The molecule has 0 fully saturated rings. The van der Waals surface area contributed by atoms with E-state index in [0.717, 1.165) is 17.7 Å². The van der Waals surface area contributed by atoms with Gasteiger partial charge in [-0.05, 0) is 24.3 Å². The lowest BCUT2D eigenvalue weighted by Gasteiger charge is -2.29. The average Bonchev–Trinajstić information content (AvgIpc) is 3.31. The minimum absolute atomic E-state index is 0.0652. The van der Waals surface area contributed by atoms with E-state index in [-0.39, 0.29) is 34.5 Å². The fourth-order valence-corrected chi connectivity index (χ4v) is 4.28. The number of methoxy groups -OCH3 is 2. The van der Waals surface area contributed by atoms with Crippen molar-refractivity contribution in [2.24, 2.45) is 10.1 Å². The first-order valence-corrected chi connectivity index (χ1v) is 10.7. The molecule has 0 spiro atoms. The number of fused-ring (bicyclic) bond motifs is 3. The number of hydrazone groups is 1. The molecule has 0 saturated carbocycles. The van der Waals surface area contributed by atoms with Crippen molar-refractivity contribution >= 4 is 52.4 Å². The van der Waals surface area contributed by atoms with Crippen LogP contribution in [0.4, 0.5) is 11.4 Å². The Kier molecular flexibility index (Phi) is 6.22. The largest absolute Gasteiger partial charge is 0.465 e. The Hall–Kier alpha value is -3.66. The third kappa shape index (κ3) is 4.35. The highest BCUT2D eigenvalue weighted by atomic mass is 32.2. The average molecular weight is 452 g/mol. The van der Waals surface area contributed by atoms with Crippen molar-refractivity contribution in [1.29, 1.82) is 0 Å². The van der Waals surface area contributed by atoms with Gasteiger partial charge in [-0.3, -0.25) is 4.79 Å². The first-order chi connectivity index (χ1) is 15.5. The van der Waals surface area contributed by atoms with Gasteiger partial charge in [-0.1, -0.05) is 30.0 Å². The molecule has 2 aromatic carbocycles. The van der Waals surface area contributed by atoms with Gasteiger partial charge in [0.2, 0.25) is 5.91 Å². The van der Waals surface area contributed by atoms with Gasteiger partial charge in [-0.25, -0.2) is 19.6 Å². The third-order valence-corrected chi connectivity index (χ3v) is 5.87. The van der Waals surface area contributed by atoms with Crippen LogP contribution in [0.1, 0.15) is 38.7 Å². The monoisotopic (exact) mass is 452 g/mol. The molecule has 164 valence electrons. The first-order valence-electron chi connectivity index (χ1n) is 9.74. The smallest absolute Gasteiger partial charge is 0.337 e. The van der Waals surface area contributed by atoms with Gasteiger partial charge in [0.15, 0.2) is 5.17 Å². The van der Waals surface area contributed by atoms with Gasteiger partial charge in [0, 0.05) is 23.9 Å². The lowest BCUT2D eigenvalue weighted by molar-refractivity contribution is -0.113. The quantitative estimate of drug-likeness (QED) is 0.693. The molecule has 1 atom stereocenters. The summed E-state index contributed by atoms with van der Waals surface area (Å²) < 4.78 is 9.44. The van der Waals surface area contributed by atoms with Crippen LogP contribution < -0.4 is 5.32 Å². The van der Waals surface area contributed by atoms with Gasteiger partial charge in [-0.2, -0.15) is 5.10 Å². The summed E-state index contributed by atoms with van der Waals surface area (Å²) in [4.78, 5) is 41.1. The van der Waals surface area contributed by atoms with Crippen molar-refractivity contribution in [2.45, 2.75) is 12.5 Å². The Bertz CT molecular complexity index is 1110. The van der Waals surface area contributed by atoms with E-state index in [1.165, 1.54) is 44.2 Å². The van der Waals surface area contributed by atoms with Crippen LogP contribution in [0.25, 0.3) is 0 Å². The molecule has 10 heteroatoms. The predicted octanol–water partition coefficient (Wildman–Crippen LogP) is 3.37. The maximum absolute atomic E-state index is 12.6. The molecule has 1 N–H and O–H groups in total. The summed E-state index contributed by atoms with van der Waals surface area (Å²) in [5.41, 5.74) is 2.51. The number of carbonyl (C=O) groups is 3. The minimum atomic E-state index is -0.631. The number of para-hydroxylation sites is 1. The topological polar surface area (TPSA) is 110 Å². The van der Waals surface area contributed by atoms with Crippen molar-refractivity contribution in [2.75, 3.05) is 25.3 Å². The number of rotatable bonds is 5. The van der Waals surface area contributed by atoms with Crippen molar-refractivity contribution in [3.63, 3.8) is 0 Å². The van der Waals surface area contributed by atoms with Crippen LogP contribution in [0.15, 0.2) is 52.6 Å². The Balaban J connectivity index is 1.48. The minimum Gasteiger partial charge on any atom is -0.465 e. The fourth-order valence-electron chi connectivity index (χ4n) is 3.48. The highest BCUT2D eigenvalue weighted by molar-refractivity contribution is 8.14. The third-order valence-electron chi connectivity index (χ3n) is 4.93. The van der Waals surface area contributed by atoms with E-state index in [0.29, 0.717) is 5.17 Å². The predicted molar refractivity (Wildman–Crippen MR) is 121 cm³/mol. The lowest BCUT2D eigenvalue weighted by atomic mass is 10.0. The Morgan fingerprint density at radius 2 is 1.78 bits per heavy atom. The van der Waals surface area contributed by atoms with E-state index in [1.54, 1.807) is 0 Å². The second-order valence-electron chi connectivity index (χ2n) is 6.97. The van der Waals surface area contributed by atoms with Crippen LogP contribution in [0.3, 0.4) is 0 Å². The van der Waals surface area contributed by atoms with Crippen molar-refractivity contribution in [3.05, 3.63) is 59.2 Å². The van der Waals surface area contributed by atoms with Gasteiger partial charge < -0.3 is 14.8 Å². The fraction of sp³-hybridized carbons (Fsp3) is 0.227. The highest BCUT2D eigenvalue weighted by Gasteiger charge is 2.32. The molecule has 2 aliphatic rings. The van der Waals surface area contributed by atoms with Crippen molar-refractivity contribution in [3.8, 4) is 0 Å². The normalized spacial score (nSPS) is 16.0. The van der Waals surface area contributed by atoms with Crippen LogP contribution in [-0.2, 0) is 14.3 Å². The number of amidine groups is 1. The molecule has 0 radical (unpaired) electrons. The number of carbonyl (C=O) groups excluding carboxylic acids is 3. The van der Waals surface area contributed by atoms with Crippen LogP contribution in [0.2, 0.25) is 0 Å². The summed E-state index contributed by atoms with van der Waals surface area (Å²) in [7, 11) is 2.47. The van der Waals surface area contributed by atoms with E-state index in [1.807, 2.05) is 35.5 Å². The number of nitrogens with zero attached hydrogens (tertiary/aromatic N) is 3. The summed E-state index contributed by atoms with van der Waals surface area (Å²) in [5.74, 6) is -1.52. The molecule has 2 heterocycles. The molecule has 1 unspecified atom stereocenters. The highest BCUT2D eigenvalue weighted by Crippen LogP contribution is 2.40. The summed E-state index contributed by atoms with van der Waals surface area (Å²) in [5, 5.41) is 9.58. The molecule has 9 nitrogen and oxygen atoms in total. The summed E-state index contributed by atoms with van der Waals surface area (Å²) in [6, 6.07) is 12.2. The van der Waals surface area contributed by atoms with Gasteiger partial charge in [0.05, 0.1) is 42.8 Å². The number of nitrogens with one attached hydrogen (secondary N) is 1. The maximum atomic E-state index is 12.6. The van der Waals surface area contributed by atoms with E-state index in [2.05, 4.69) is 15.4 Å². The molecule has 2 aliphatic heterocycles. The molecular formula is C22H20N4O5S. The SMILES string of the molecule is COC(=O)c1cc(NC(=O)CSC2=Nc3ccccc3C3CC=NN23)cc(C(=O)OC)c1. The number of aliphatic imine (C=N–C) groups is 1. The van der Waals surface area contributed by atoms with Gasteiger partial charge in [-0.15, -0.1) is 0 Å². The summed E-state index contributed by atoms with van der Waals surface area (Å²) in [6.07, 6.45) is 2.62. The van der Waals surface area contributed by atoms with Crippen molar-refractivity contribution in [1.82, 2.24) is 5.01 Å². The van der Waals surface area contributed by atoms with Gasteiger partial charge >= 0.3 is 11.9 Å². The summed E-state index contributed by atoms with van der Waals surface area (Å²) in [6.45, 7) is 0. The van der Waals surface area contributed by atoms with Crippen LogP contribution in [-0.4, -0.2) is 54.2 Å². The second kappa shape index (κ2) is 9.23. The number of thioether (sulfide) groups is 1. The molecule has 1 amide bonds. The second-order valence-corrected chi connectivity index (χ2v) is 7.91. The molecule has 0 saturated heterocycles. The molecular weight excluding hydrogens is 432 g/mol. The van der Waals surface area contributed by atoms with Crippen molar-refractivity contribution < 1.29 is 23.9 Å². The van der Waals surface area contributed by atoms with Crippen LogP contribution in [0, 0.1) is 0 Å². The van der Waals surface area contributed by atoms with E-state index >= 15 is 0 Å². The number of hydrogen-bond acceptors (Lipinski definition) is 9. The Labute approximate surface area is 188 Å². The first kappa shape index (κ1) is 21.6. The number of anilines is 1. The molecule has 2 aromatic rings. The van der Waals surface area contributed by atoms with E-state index in [4.69, 9.17) is 9.47 Å². The molecule has 32 heavy (non-hydrogen) atoms. The zero-order valence-corrected chi connectivity index (χ0v) is 18.2. The molecule has 0 aromatic heterocycles. The van der Waals surface area contributed by atoms with Gasteiger partial charge in [0.1, 0.15) is 0 Å². The number of ether oxygens (including phenoxy) is 2. The molecule has 0 aliphatic carbocycles. The number of benzene rings is 2. The molecule has 0 bridgehead atoms. The lowest BCUT2D eigenvalue weighted by Crippen LogP contribution is -2.29. The van der Waals surface area contributed by atoms with E-state index in [9.17, 15) is 14.4 Å². The number of esters is 2. The standard InChI is InChI=1S/C22H20N4O5S/c1-30-20(28)13-9-14(21(29)31-2)11-15(10-13)24-19(27)12-32-22-25-17-6-4-3-5-16(17)18-7-8-23-26(18)22/h3-6,8-11,18H,7,12H2,1-2H3,(H,24,27). The zero-order valence-electron chi connectivity index (χ0n) is 17.4. The van der Waals surface area contributed by atoms with Crippen LogP contribution >= 0.6 is 11.8 Å². The van der Waals surface area contributed by atoms with E-state index < -0.39 is 11.9 Å². The Morgan fingerprint density at radius 3 is 2.47 bits per heavy atom. The summed E-state index contributed by atoms with van der Waals surface area (Å²) >= 11 is 1.26. The molecule has 4 rings (SSSR count). The Morgan fingerprint density at radius 1 is 1.09 bits per heavy atom. The zero-order chi connectivity index (χ0) is 22.7. The number of hydrogen-bond donors (Lipinski definition) is 1. The van der Waals surface area contributed by atoms with Crippen LogP contribution in [0.5, 0.6) is 0 Å².